The van der Waals surface area contributed by atoms with Crippen LogP contribution in [0.25, 0.3) is 0 Å². The highest BCUT2D eigenvalue weighted by Crippen LogP contribution is 2.35. The number of hydrogen-bond acceptors (Lipinski definition) is 3. The fourth-order valence-electron chi connectivity index (χ4n) is 1.07. The maximum Gasteiger partial charge on any atom is 0.436 e. The third-order valence-electron chi connectivity index (χ3n) is 1.79. The van der Waals surface area contributed by atoms with E-state index in [1.807, 2.05) is 0 Å². The van der Waals surface area contributed by atoms with Gasteiger partial charge in [-0.2, -0.15) is 18.3 Å². The summed E-state index contributed by atoms with van der Waals surface area (Å²) < 4.78 is 59.8. The molecule has 15 heavy (non-hydrogen) atoms. The Morgan fingerprint density at radius 3 is 2.13 bits per heavy atom. The molecule has 0 spiro atoms. The highest BCUT2D eigenvalue weighted by molar-refractivity contribution is 8.13. The number of halogens is 4. The number of aryl methyl sites for hydroxylation is 1. The molecule has 0 saturated carbocycles. The lowest BCUT2D eigenvalue weighted by Crippen LogP contribution is -2.10. The average molecular weight is 263 g/mol. The zero-order valence-electron chi connectivity index (χ0n) is 7.63. The first kappa shape index (κ1) is 12.3. The predicted molar refractivity (Wildman–Crippen MR) is 46.0 cm³/mol. The van der Waals surface area contributed by atoms with Gasteiger partial charge in [-0.15, -0.1) is 0 Å². The highest BCUT2D eigenvalue weighted by Gasteiger charge is 2.42. The molecule has 0 atom stereocenters. The molecule has 0 aliphatic heterocycles. The second kappa shape index (κ2) is 3.38. The van der Waals surface area contributed by atoms with E-state index in [4.69, 9.17) is 10.7 Å². The van der Waals surface area contributed by atoms with Crippen molar-refractivity contribution >= 4 is 19.7 Å². The quantitative estimate of drug-likeness (QED) is 0.724. The molecule has 9 heteroatoms. The molecule has 1 rings (SSSR count). The van der Waals surface area contributed by atoms with Crippen LogP contribution in [0.2, 0.25) is 0 Å². The lowest BCUT2D eigenvalue weighted by Gasteiger charge is -2.03. The van der Waals surface area contributed by atoms with Crippen LogP contribution in [-0.2, 0) is 22.3 Å². The summed E-state index contributed by atoms with van der Waals surface area (Å²) in [5, 5.41) is 3.08. The van der Waals surface area contributed by atoms with E-state index in [0.29, 0.717) is 0 Å². The van der Waals surface area contributed by atoms with Crippen molar-refractivity contribution in [2.45, 2.75) is 18.0 Å². The summed E-state index contributed by atoms with van der Waals surface area (Å²) in [6.45, 7) is 1.19. The summed E-state index contributed by atoms with van der Waals surface area (Å²) in [6.07, 6.45) is -4.84. The second-order valence-corrected chi connectivity index (χ2v) is 5.33. The molecule has 4 nitrogen and oxygen atoms in total. The maximum absolute atomic E-state index is 12.4. The van der Waals surface area contributed by atoms with Crippen molar-refractivity contribution in [2.24, 2.45) is 7.05 Å². The van der Waals surface area contributed by atoms with Crippen LogP contribution in [0.5, 0.6) is 0 Å². The van der Waals surface area contributed by atoms with Gasteiger partial charge in [0.15, 0.2) is 5.69 Å². The normalized spacial score (nSPS) is 13.2. The Morgan fingerprint density at radius 2 is 1.87 bits per heavy atom. The molecule has 1 heterocycles. The van der Waals surface area contributed by atoms with Crippen molar-refractivity contribution in [1.29, 1.82) is 0 Å². The van der Waals surface area contributed by atoms with Gasteiger partial charge in [-0.3, -0.25) is 4.68 Å². The Bertz CT molecular complexity index is 491. The summed E-state index contributed by atoms with van der Waals surface area (Å²) in [5.41, 5.74) is -1.64. The zero-order chi connectivity index (χ0) is 12.0. The molecule has 1 aromatic rings. The largest absolute Gasteiger partial charge is 0.436 e. The van der Waals surface area contributed by atoms with E-state index in [1.54, 1.807) is 0 Å². The van der Waals surface area contributed by atoms with Crippen LogP contribution < -0.4 is 0 Å². The van der Waals surface area contributed by atoms with Gasteiger partial charge < -0.3 is 0 Å². The molecular weight excluding hydrogens is 257 g/mol. The molecular formula is C6H6ClF3N2O2S. The predicted octanol–water partition coefficient (Wildman–Crippen LogP) is 1.67. The van der Waals surface area contributed by atoms with Crippen LogP contribution in [-0.4, -0.2) is 18.2 Å². The number of hydrogen-bond donors (Lipinski definition) is 0. The standard InChI is InChI=1S/C6H6ClF3N2O2S/c1-3-4(15(7,13)14)5(6(8,9)10)11-12(3)2/h1-2H3. The van der Waals surface area contributed by atoms with Gasteiger partial charge in [-0.1, -0.05) is 0 Å². The van der Waals surface area contributed by atoms with Crippen molar-refractivity contribution in [2.75, 3.05) is 0 Å². The average Bonchev–Trinajstić information content (AvgIpc) is 2.25. The van der Waals surface area contributed by atoms with E-state index in [1.165, 1.54) is 14.0 Å². The summed E-state index contributed by atoms with van der Waals surface area (Å²) in [4.78, 5) is -0.987. The van der Waals surface area contributed by atoms with Gasteiger partial charge in [0.05, 0.1) is 5.69 Å². The molecule has 0 bridgehead atoms. The van der Waals surface area contributed by atoms with Gasteiger partial charge in [0.2, 0.25) is 0 Å². The first-order valence-corrected chi connectivity index (χ1v) is 5.91. The van der Waals surface area contributed by atoms with Gasteiger partial charge in [0.25, 0.3) is 9.05 Å². The third-order valence-corrected chi connectivity index (χ3v) is 3.23. The van der Waals surface area contributed by atoms with Crippen molar-refractivity contribution in [3.63, 3.8) is 0 Å². The van der Waals surface area contributed by atoms with Gasteiger partial charge in [0, 0.05) is 17.7 Å². The molecule has 0 aliphatic rings. The third kappa shape index (κ3) is 2.25. The molecule has 86 valence electrons. The molecule has 0 fully saturated rings. The minimum Gasteiger partial charge on any atom is -0.271 e. The SMILES string of the molecule is Cc1c(S(=O)(=O)Cl)c(C(F)(F)F)nn1C. The van der Waals surface area contributed by atoms with E-state index in [-0.39, 0.29) is 5.69 Å². The topological polar surface area (TPSA) is 52.0 Å². The fraction of sp³-hybridized carbons (Fsp3) is 0.500. The van der Waals surface area contributed by atoms with E-state index < -0.39 is 25.8 Å². The molecule has 0 aromatic carbocycles. The molecule has 0 N–H and O–H groups in total. The summed E-state index contributed by atoms with van der Waals surface area (Å²) >= 11 is 0. The Balaban J connectivity index is 3.63. The lowest BCUT2D eigenvalue weighted by atomic mass is 10.3. The van der Waals surface area contributed by atoms with Crippen molar-refractivity contribution in [1.82, 2.24) is 9.78 Å². The molecule has 0 saturated heterocycles. The number of nitrogens with zero attached hydrogens (tertiary/aromatic N) is 2. The Labute approximate surface area is 88.1 Å². The summed E-state index contributed by atoms with van der Waals surface area (Å²) in [5.74, 6) is 0. The molecule has 0 amide bonds. The Kier molecular flexibility index (Phi) is 2.77. The maximum atomic E-state index is 12.4. The fourth-order valence-corrected chi connectivity index (χ4v) is 2.49. The number of aromatic nitrogens is 2. The van der Waals surface area contributed by atoms with Crippen LogP contribution >= 0.6 is 10.7 Å². The summed E-state index contributed by atoms with van der Waals surface area (Å²) in [6, 6.07) is 0. The smallest absolute Gasteiger partial charge is 0.271 e. The van der Waals surface area contributed by atoms with Crippen molar-refractivity contribution < 1.29 is 21.6 Å². The van der Waals surface area contributed by atoms with Crippen LogP contribution in [0.4, 0.5) is 13.2 Å². The minimum atomic E-state index is -4.84. The number of rotatable bonds is 1. The minimum absolute atomic E-state index is 0.155. The van der Waals surface area contributed by atoms with Gasteiger partial charge in [-0.05, 0) is 6.92 Å². The van der Waals surface area contributed by atoms with Crippen molar-refractivity contribution in [3.8, 4) is 0 Å². The molecule has 0 aliphatic carbocycles. The van der Waals surface area contributed by atoms with E-state index in [9.17, 15) is 21.6 Å². The van der Waals surface area contributed by atoms with Gasteiger partial charge in [0.1, 0.15) is 4.90 Å². The Morgan fingerprint density at radius 1 is 1.40 bits per heavy atom. The molecule has 1 aromatic heterocycles. The monoisotopic (exact) mass is 262 g/mol. The van der Waals surface area contributed by atoms with Crippen LogP contribution in [0.1, 0.15) is 11.4 Å². The van der Waals surface area contributed by atoms with Crippen LogP contribution in [0, 0.1) is 6.92 Å². The zero-order valence-corrected chi connectivity index (χ0v) is 9.20. The first-order chi connectivity index (χ1) is 6.55. The van der Waals surface area contributed by atoms with Gasteiger partial charge in [-0.25, -0.2) is 8.42 Å². The van der Waals surface area contributed by atoms with Crippen LogP contribution in [0.15, 0.2) is 4.90 Å². The number of alkyl halides is 3. The lowest BCUT2D eigenvalue weighted by molar-refractivity contribution is -0.143. The molecule has 0 unspecified atom stereocenters. The van der Waals surface area contributed by atoms with E-state index in [0.717, 1.165) is 4.68 Å². The highest BCUT2D eigenvalue weighted by atomic mass is 35.7. The summed E-state index contributed by atoms with van der Waals surface area (Å²) in [7, 11) is 1.65. The Hall–Kier alpha value is -0.760. The van der Waals surface area contributed by atoms with Crippen molar-refractivity contribution in [3.05, 3.63) is 11.4 Å². The van der Waals surface area contributed by atoms with E-state index >= 15 is 0 Å². The van der Waals surface area contributed by atoms with Crippen LogP contribution in [0.3, 0.4) is 0 Å². The first-order valence-electron chi connectivity index (χ1n) is 3.60. The second-order valence-electron chi connectivity index (χ2n) is 2.82. The molecule has 0 radical (unpaired) electrons. The van der Waals surface area contributed by atoms with Gasteiger partial charge >= 0.3 is 6.18 Å². The van der Waals surface area contributed by atoms with E-state index in [2.05, 4.69) is 5.10 Å².